The van der Waals surface area contributed by atoms with Crippen LogP contribution in [0.25, 0.3) is 0 Å². The van der Waals surface area contributed by atoms with E-state index in [1.165, 1.54) is 372 Å². The highest BCUT2D eigenvalue weighted by Gasteiger charge is 2.18. The van der Waals surface area contributed by atoms with E-state index >= 15 is 0 Å². The number of allylic oxidation sites excluding steroid dienone is 5. The number of rotatable bonds is 70. The van der Waals surface area contributed by atoms with Gasteiger partial charge in [-0.3, -0.25) is 4.79 Å². The molecule has 2 atom stereocenters. The van der Waals surface area contributed by atoms with Crippen LogP contribution in [-0.4, -0.2) is 34.9 Å². The van der Waals surface area contributed by atoms with E-state index in [0.29, 0.717) is 6.42 Å². The molecule has 0 rings (SSSR count). The molecule has 1 amide bonds. The number of hydrogen-bond acceptors (Lipinski definition) is 3. The molecule has 0 fully saturated rings. The minimum Gasteiger partial charge on any atom is -0.394 e. The van der Waals surface area contributed by atoms with Crippen LogP contribution < -0.4 is 5.32 Å². The van der Waals surface area contributed by atoms with Gasteiger partial charge in [-0.25, -0.2) is 0 Å². The highest BCUT2D eigenvalue weighted by molar-refractivity contribution is 5.76. The molecular weight excluding hydrogens is 975 g/mol. The van der Waals surface area contributed by atoms with Gasteiger partial charge in [-0.15, -0.1) is 0 Å². The Labute approximate surface area is 503 Å². The van der Waals surface area contributed by atoms with Crippen molar-refractivity contribution in [2.24, 2.45) is 0 Å². The van der Waals surface area contributed by atoms with Gasteiger partial charge in [0.05, 0.1) is 18.8 Å². The van der Waals surface area contributed by atoms with Gasteiger partial charge in [-0.1, -0.05) is 403 Å². The van der Waals surface area contributed by atoms with Crippen molar-refractivity contribution in [1.82, 2.24) is 5.32 Å². The molecule has 0 heterocycles. The number of nitrogens with one attached hydrogen (secondary N) is 1. The molecule has 0 radical (unpaired) electrons. The van der Waals surface area contributed by atoms with Crippen molar-refractivity contribution in [2.75, 3.05) is 6.61 Å². The first kappa shape index (κ1) is 78.6. The van der Waals surface area contributed by atoms with Crippen LogP contribution in [0.15, 0.2) is 36.5 Å². The number of aliphatic hydroxyl groups is 2. The predicted octanol–water partition coefficient (Wildman–Crippen LogP) is 25.5. The van der Waals surface area contributed by atoms with Crippen molar-refractivity contribution in [3.63, 3.8) is 0 Å². The van der Waals surface area contributed by atoms with Crippen LogP contribution >= 0.6 is 0 Å². The summed E-state index contributed by atoms with van der Waals surface area (Å²) < 4.78 is 0. The van der Waals surface area contributed by atoms with Crippen LogP contribution in [0, 0.1) is 0 Å². The maximum atomic E-state index is 12.6. The number of carbonyl (C=O) groups excluding carboxylic acids is 1. The summed E-state index contributed by atoms with van der Waals surface area (Å²) in [5.41, 5.74) is 0. The number of unbranched alkanes of at least 4 members (excludes halogenated alkanes) is 59. The maximum absolute atomic E-state index is 12.6. The van der Waals surface area contributed by atoms with Gasteiger partial charge in [-0.05, 0) is 51.4 Å². The minimum absolute atomic E-state index is 0.0545. The summed E-state index contributed by atoms with van der Waals surface area (Å²) in [5.74, 6) is -0.0545. The van der Waals surface area contributed by atoms with E-state index in [1.807, 2.05) is 6.08 Å². The van der Waals surface area contributed by atoms with Crippen molar-refractivity contribution in [3.05, 3.63) is 36.5 Å². The van der Waals surface area contributed by atoms with E-state index in [1.54, 1.807) is 6.08 Å². The Morgan fingerprint density at radius 2 is 0.512 bits per heavy atom. The highest BCUT2D eigenvalue weighted by Crippen LogP contribution is 2.20. The zero-order valence-electron chi connectivity index (χ0n) is 54.9. The molecule has 80 heavy (non-hydrogen) atoms. The van der Waals surface area contributed by atoms with Gasteiger partial charge in [0.2, 0.25) is 5.91 Å². The van der Waals surface area contributed by atoms with Crippen LogP contribution in [-0.2, 0) is 4.79 Å². The van der Waals surface area contributed by atoms with E-state index in [0.717, 1.165) is 32.1 Å². The summed E-state index contributed by atoms with van der Waals surface area (Å²) in [5, 5.41) is 23.3. The molecule has 0 aromatic carbocycles. The van der Waals surface area contributed by atoms with Gasteiger partial charge in [-0.2, -0.15) is 0 Å². The number of hydrogen-bond donors (Lipinski definition) is 3. The number of amides is 1. The fraction of sp³-hybridized carbons (Fsp3) is 0.908. The second-order valence-electron chi connectivity index (χ2n) is 25.7. The first-order valence-electron chi connectivity index (χ1n) is 37.2. The first-order chi connectivity index (χ1) is 39.7. The van der Waals surface area contributed by atoms with Gasteiger partial charge in [0, 0.05) is 6.42 Å². The topological polar surface area (TPSA) is 69.6 Å². The fourth-order valence-electron chi connectivity index (χ4n) is 12.0. The standard InChI is InChI=1S/C76H147NO3/c1-3-5-7-9-11-13-15-17-19-21-23-25-27-29-31-33-35-37-38-40-42-44-46-48-50-52-54-56-58-60-62-64-66-68-70-72-76(80)77-74(73-78)75(79)71-69-67-65-63-61-59-57-55-53-51-49-47-45-43-41-39-36-34-32-30-28-26-24-22-20-18-16-14-12-10-8-6-4-2/h15,17,21,23,69,71,74-75,78-79H,3-14,16,18-20,22,24-68,70,72-73H2,1-2H3,(H,77,80)/b17-15-,23-21-,71-69+. The summed E-state index contributed by atoms with van der Waals surface area (Å²) in [4.78, 5) is 12.6. The van der Waals surface area contributed by atoms with E-state index in [-0.39, 0.29) is 12.5 Å². The Hall–Kier alpha value is -1.39. The lowest BCUT2D eigenvalue weighted by Gasteiger charge is -2.20. The minimum atomic E-state index is -0.840. The van der Waals surface area contributed by atoms with E-state index in [2.05, 4.69) is 43.5 Å². The Bertz CT molecular complexity index is 1230. The normalized spacial score (nSPS) is 12.8. The molecule has 3 N–H and O–H groups in total. The quantitative estimate of drug-likeness (QED) is 0.0420. The molecule has 0 spiro atoms. The SMILES string of the molecule is CCCCCCC/C=C\C/C=C\CCCCCCCCCCCCCCCCCCCCCCCCCC(=O)NC(CO)C(O)/C=C/CCCCCCCCCCCCCCCCCCCCCCCCCCCCCCCCC. The van der Waals surface area contributed by atoms with Crippen LogP contribution in [0.2, 0.25) is 0 Å². The van der Waals surface area contributed by atoms with E-state index < -0.39 is 12.1 Å². The van der Waals surface area contributed by atoms with Crippen molar-refractivity contribution >= 4 is 5.91 Å². The molecule has 2 unspecified atom stereocenters. The van der Waals surface area contributed by atoms with Gasteiger partial charge in [0.1, 0.15) is 0 Å². The average molecular weight is 1120 g/mol. The Morgan fingerprint density at radius 1 is 0.300 bits per heavy atom. The van der Waals surface area contributed by atoms with Crippen LogP contribution in [0.3, 0.4) is 0 Å². The van der Waals surface area contributed by atoms with Crippen molar-refractivity contribution in [2.45, 2.75) is 437 Å². The monoisotopic (exact) mass is 1120 g/mol. The zero-order valence-corrected chi connectivity index (χ0v) is 54.9. The second-order valence-corrected chi connectivity index (χ2v) is 25.7. The largest absolute Gasteiger partial charge is 0.394 e. The van der Waals surface area contributed by atoms with Crippen molar-refractivity contribution in [1.29, 1.82) is 0 Å². The molecule has 0 aliphatic carbocycles. The number of carbonyl (C=O) groups is 1. The third-order valence-electron chi connectivity index (χ3n) is 17.6. The third-order valence-corrected chi connectivity index (χ3v) is 17.6. The van der Waals surface area contributed by atoms with E-state index in [9.17, 15) is 15.0 Å². The fourth-order valence-corrected chi connectivity index (χ4v) is 12.0. The lowest BCUT2D eigenvalue weighted by atomic mass is 10.0. The van der Waals surface area contributed by atoms with Gasteiger partial charge in [0.15, 0.2) is 0 Å². The zero-order chi connectivity index (χ0) is 57.6. The summed E-state index contributed by atoms with van der Waals surface area (Å²) in [6.45, 7) is 4.35. The molecule has 0 aromatic rings. The van der Waals surface area contributed by atoms with Crippen LogP contribution in [0.5, 0.6) is 0 Å². The first-order valence-corrected chi connectivity index (χ1v) is 37.2. The van der Waals surface area contributed by atoms with Gasteiger partial charge in [0.25, 0.3) is 0 Å². The van der Waals surface area contributed by atoms with Crippen LogP contribution in [0.4, 0.5) is 0 Å². The molecule has 0 aromatic heterocycles. The van der Waals surface area contributed by atoms with Crippen molar-refractivity contribution in [3.8, 4) is 0 Å². The molecule has 4 nitrogen and oxygen atoms in total. The molecule has 474 valence electrons. The summed E-state index contributed by atoms with van der Waals surface area (Å²) >= 11 is 0. The predicted molar refractivity (Wildman–Crippen MR) is 359 cm³/mol. The number of aliphatic hydroxyl groups excluding tert-OH is 2. The molecule has 0 aliphatic rings. The molecular formula is C76H147NO3. The summed E-state index contributed by atoms with van der Waals surface area (Å²) in [6, 6.07) is -0.622. The highest BCUT2D eigenvalue weighted by atomic mass is 16.3. The van der Waals surface area contributed by atoms with Gasteiger partial charge >= 0.3 is 0 Å². The van der Waals surface area contributed by atoms with Crippen molar-refractivity contribution < 1.29 is 15.0 Å². The maximum Gasteiger partial charge on any atom is 0.220 e. The third kappa shape index (κ3) is 67.4. The molecule has 0 saturated heterocycles. The Morgan fingerprint density at radius 3 is 0.750 bits per heavy atom. The lowest BCUT2D eigenvalue weighted by molar-refractivity contribution is -0.123. The average Bonchev–Trinajstić information content (AvgIpc) is 3.46. The second kappa shape index (κ2) is 71.9. The Balaban J connectivity index is 3.40. The molecule has 0 bridgehead atoms. The van der Waals surface area contributed by atoms with Gasteiger partial charge < -0.3 is 15.5 Å². The summed E-state index contributed by atoms with van der Waals surface area (Å²) in [7, 11) is 0. The molecule has 0 aliphatic heterocycles. The molecule has 4 heteroatoms. The smallest absolute Gasteiger partial charge is 0.220 e. The lowest BCUT2D eigenvalue weighted by Crippen LogP contribution is -2.45. The van der Waals surface area contributed by atoms with Crippen LogP contribution in [0.1, 0.15) is 425 Å². The molecule has 0 saturated carbocycles. The van der Waals surface area contributed by atoms with E-state index in [4.69, 9.17) is 0 Å². The summed E-state index contributed by atoms with van der Waals surface area (Å²) in [6.07, 6.45) is 99.8. The Kier molecular flexibility index (Phi) is 70.6.